The van der Waals surface area contributed by atoms with Crippen molar-refractivity contribution in [3.63, 3.8) is 0 Å². The molecule has 0 aliphatic carbocycles. The van der Waals surface area contributed by atoms with Crippen LogP contribution in [0.4, 0.5) is 5.69 Å². The van der Waals surface area contributed by atoms with Crippen LogP contribution in [-0.2, 0) is 17.9 Å². The van der Waals surface area contributed by atoms with Gasteiger partial charge in [-0.25, -0.2) is 9.78 Å². The number of pyridine rings is 2. The Kier molecular flexibility index (Phi) is 5.77. The van der Waals surface area contributed by atoms with Crippen LogP contribution in [0.1, 0.15) is 11.1 Å². The van der Waals surface area contributed by atoms with Gasteiger partial charge in [0.1, 0.15) is 6.54 Å². The fraction of sp³-hybridized carbons (Fsp3) is 0.136. The van der Waals surface area contributed by atoms with E-state index in [0.717, 1.165) is 20.2 Å². The van der Waals surface area contributed by atoms with Gasteiger partial charge in [-0.15, -0.1) is 0 Å². The van der Waals surface area contributed by atoms with Crippen LogP contribution in [0.25, 0.3) is 11.0 Å². The summed E-state index contributed by atoms with van der Waals surface area (Å²) in [7, 11) is 0. The highest BCUT2D eigenvalue weighted by Gasteiger charge is 2.16. The van der Waals surface area contributed by atoms with Crippen molar-refractivity contribution in [3.05, 3.63) is 97.5 Å². The monoisotopic (exact) mass is 479 g/mol. The van der Waals surface area contributed by atoms with E-state index in [1.54, 1.807) is 42.7 Å². The van der Waals surface area contributed by atoms with Crippen molar-refractivity contribution in [2.45, 2.75) is 20.0 Å². The van der Waals surface area contributed by atoms with Crippen LogP contribution in [0, 0.1) is 6.92 Å². The van der Waals surface area contributed by atoms with Gasteiger partial charge in [0.25, 0.3) is 5.56 Å². The Hall–Kier alpha value is -3.59. The minimum absolute atomic E-state index is 0.0558. The SMILES string of the molecule is Cc1cc(NC(=O)Cn2c(=O)n(Cc3ccncc3)c(=O)c3ncccc32)ccc1Br. The second kappa shape index (κ2) is 8.65. The molecule has 31 heavy (non-hydrogen) atoms. The van der Waals surface area contributed by atoms with E-state index in [2.05, 4.69) is 31.2 Å². The van der Waals surface area contributed by atoms with Crippen molar-refractivity contribution < 1.29 is 4.79 Å². The Balaban J connectivity index is 1.74. The zero-order valence-electron chi connectivity index (χ0n) is 16.6. The first-order valence-electron chi connectivity index (χ1n) is 9.47. The molecule has 9 heteroatoms. The number of nitrogens with zero attached hydrogens (tertiary/aromatic N) is 4. The second-order valence-electron chi connectivity index (χ2n) is 7.00. The third-order valence-electron chi connectivity index (χ3n) is 4.82. The largest absolute Gasteiger partial charge is 0.332 e. The van der Waals surface area contributed by atoms with E-state index in [4.69, 9.17) is 0 Å². The molecule has 0 fully saturated rings. The van der Waals surface area contributed by atoms with Crippen molar-refractivity contribution in [1.82, 2.24) is 19.1 Å². The molecule has 8 nitrogen and oxygen atoms in total. The van der Waals surface area contributed by atoms with Crippen molar-refractivity contribution >= 4 is 38.6 Å². The number of aromatic nitrogens is 4. The van der Waals surface area contributed by atoms with E-state index in [-0.39, 0.29) is 24.5 Å². The highest BCUT2D eigenvalue weighted by Crippen LogP contribution is 2.20. The molecule has 0 aliphatic rings. The maximum Gasteiger partial charge on any atom is 0.332 e. The Bertz CT molecular complexity index is 1400. The number of nitrogens with one attached hydrogen (secondary N) is 1. The molecule has 0 radical (unpaired) electrons. The number of carbonyl (C=O) groups is 1. The van der Waals surface area contributed by atoms with Gasteiger partial charge < -0.3 is 5.32 Å². The summed E-state index contributed by atoms with van der Waals surface area (Å²) >= 11 is 3.43. The van der Waals surface area contributed by atoms with E-state index in [9.17, 15) is 14.4 Å². The average molecular weight is 480 g/mol. The minimum Gasteiger partial charge on any atom is -0.325 e. The highest BCUT2D eigenvalue weighted by molar-refractivity contribution is 9.10. The molecular formula is C22H18BrN5O3. The van der Waals surface area contributed by atoms with Crippen molar-refractivity contribution in [3.8, 4) is 0 Å². The first-order valence-corrected chi connectivity index (χ1v) is 10.3. The standard InChI is InChI=1S/C22H18BrN5O3/c1-14-11-16(4-5-17(14)23)26-19(29)13-27-18-3-2-8-25-20(18)21(30)28(22(27)31)12-15-6-9-24-10-7-15/h2-11H,12-13H2,1H3,(H,26,29). The van der Waals surface area contributed by atoms with Crippen LogP contribution in [-0.4, -0.2) is 25.0 Å². The molecule has 0 spiro atoms. The third-order valence-corrected chi connectivity index (χ3v) is 5.71. The van der Waals surface area contributed by atoms with E-state index >= 15 is 0 Å². The first kappa shape index (κ1) is 20.7. The topological polar surface area (TPSA) is 98.9 Å². The van der Waals surface area contributed by atoms with Gasteiger partial charge in [0.2, 0.25) is 5.91 Å². The molecule has 4 rings (SSSR count). The van der Waals surface area contributed by atoms with Crippen LogP contribution in [0.3, 0.4) is 0 Å². The summed E-state index contributed by atoms with van der Waals surface area (Å²) in [6.07, 6.45) is 4.66. The van der Waals surface area contributed by atoms with Gasteiger partial charge in [-0.05, 0) is 60.5 Å². The molecule has 3 aromatic heterocycles. The fourth-order valence-corrected chi connectivity index (χ4v) is 3.52. The molecule has 0 atom stereocenters. The average Bonchev–Trinajstić information content (AvgIpc) is 2.77. The lowest BCUT2D eigenvalue weighted by molar-refractivity contribution is -0.116. The Morgan fingerprint density at radius 3 is 2.58 bits per heavy atom. The number of aryl methyl sites for hydroxylation is 1. The van der Waals surface area contributed by atoms with Crippen LogP contribution < -0.4 is 16.6 Å². The van der Waals surface area contributed by atoms with Crippen molar-refractivity contribution in [2.75, 3.05) is 5.32 Å². The number of anilines is 1. The van der Waals surface area contributed by atoms with Gasteiger partial charge in [0, 0.05) is 28.8 Å². The molecule has 0 unspecified atom stereocenters. The van der Waals surface area contributed by atoms with Gasteiger partial charge in [-0.3, -0.25) is 23.7 Å². The minimum atomic E-state index is -0.579. The lowest BCUT2D eigenvalue weighted by atomic mass is 10.2. The number of benzene rings is 1. The van der Waals surface area contributed by atoms with Crippen molar-refractivity contribution in [1.29, 1.82) is 0 Å². The van der Waals surface area contributed by atoms with Crippen LogP contribution in [0.5, 0.6) is 0 Å². The fourth-order valence-electron chi connectivity index (χ4n) is 3.27. The molecule has 0 saturated heterocycles. The number of amides is 1. The second-order valence-corrected chi connectivity index (χ2v) is 7.85. The Morgan fingerprint density at radius 1 is 1.06 bits per heavy atom. The molecule has 1 N–H and O–H groups in total. The molecule has 156 valence electrons. The van der Waals surface area contributed by atoms with E-state index in [0.29, 0.717) is 11.2 Å². The lowest BCUT2D eigenvalue weighted by Gasteiger charge is -2.14. The molecule has 1 amide bonds. The molecular weight excluding hydrogens is 462 g/mol. The summed E-state index contributed by atoms with van der Waals surface area (Å²) in [6, 6.07) is 12.1. The molecule has 0 bridgehead atoms. The summed E-state index contributed by atoms with van der Waals surface area (Å²) in [5.41, 5.74) is 1.68. The zero-order chi connectivity index (χ0) is 22.0. The van der Waals surface area contributed by atoms with Gasteiger partial charge >= 0.3 is 5.69 Å². The summed E-state index contributed by atoms with van der Waals surface area (Å²) in [5.74, 6) is -0.386. The molecule has 0 aliphatic heterocycles. The first-order chi connectivity index (χ1) is 14.9. The van der Waals surface area contributed by atoms with E-state index < -0.39 is 11.2 Å². The van der Waals surface area contributed by atoms with Crippen LogP contribution in [0.2, 0.25) is 0 Å². The molecule has 3 heterocycles. The number of fused-ring (bicyclic) bond motifs is 1. The number of hydrogen-bond donors (Lipinski definition) is 1. The number of carbonyl (C=O) groups excluding carboxylic acids is 1. The summed E-state index contributed by atoms with van der Waals surface area (Å²) < 4.78 is 3.29. The maximum atomic E-state index is 13.2. The zero-order valence-corrected chi connectivity index (χ0v) is 18.2. The summed E-state index contributed by atoms with van der Waals surface area (Å²) in [4.78, 5) is 46.9. The van der Waals surface area contributed by atoms with Gasteiger partial charge in [-0.1, -0.05) is 15.9 Å². The van der Waals surface area contributed by atoms with Gasteiger partial charge in [-0.2, -0.15) is 0 Å². The van der Waals surface area contributed by atoms with E-state index in [1.807, 2.05) is 19.1 Å². The Morgan fingerprint density at radius 2 is 1.84 bits per heavy atom. The van der Waals surface area contributed by atoms with Crippen molar-refractivity contribution in [2.24, 2.45) is 0 Å². The van der Waals surface area contributed by atoms with Gasteiger partial charge in [0.05, 0.1) is 12.1 Å². The normalized spacial score (nSPS) is 10.9. The van der Waals surface area contributed by atoms with Gasteiger partial charge in [0.15, 0.2) is 5.52 Å². The molecule has 4 aromatic rings. The summed E-state index contributed by atoms with van der Waals surface area (Å²) in [5, 5.41) is 2.80. The Labute approximate surface area is 185 Å². The van der Waals surface area contributed by atoms with Crippen LogP contribution >= 0.6 is 15.9 Å². The predicted molar refractivity (Wildman–Crippen MR) is 121 cm³/mol. The van der Waals surface area contributed by atoms with Crippen LogP contribution in [0.15, 0.2) is 75.1 Å². The molecule has 1 aromatic carbocycles. The lowest BCUT2D eigenvalue weighted by Crippen LogP contribution is -2.42. The summed E-state index contributed by atoms with van der Waals surface area (Å²) in [6.45, 7) is 1.71. The number of rotatable bonds is 5. The van der Waals surface area contributed by atoms with E-state index in [1.165, 1.54) is 10.8 Å². The maximum absolute atomic E-state index is 13.2. The number of halogens is 1. The number of hydrogen-bond acceptors (Lipinski definition) is 5. The molecule has 0 saturated carbocycles. The quantitative estimate of drug-likeness (QED) is 0.474. The third kappa shape index (κ3) is 4.31. The highest BCUT2D eigenvalue weighted by atomic mass is 79.9. The predicted octanol–water partition coefficient (Wildman–Crippen LogP) is 2.71. The smallest absolute Gasteiger partial charge is 0.325 e.